The molecule has 5 N–H and O–H groups in total. The predicted octanol–water partition coefficient (Wildman–Crippen LogP) is 0.833. The Morgan fingerprint density at radius 1 is 0.868 bits per heavy atom. The molecule has 0 aliphatic rings. The van der Waals surface area contributed by atoms with Gasteiger partial charge in [0, 0.05) is 15.6 Å². The molecule has 0 bridgehead atoms. The van der Waals surface area contributed by atoms with E-state index in [1.165, 1.54) is 0 Å². The first-order chi connectivity index (χ1) is 18.3. The molecule has 0 saturated heterocycles. The monoisotopic (exact) mass is 582 g/mol. The van der Waals surface area contributed by atoms with Gasteiger partial charge >= 0.3 is 6.09 Å². The molecule has 11 heteroatoms. The number of benzene rings is 3. The van der Waals surface area contributed by atoms with Crippen LogP contribution in [0, 0.1) is 0 Å². The molecule has 3 aromatic carbocycles. The summed E-state index contributed by atoms with van der Waals surface area (Å²) in [5.74, 6) is -2.29. The summed E-state index contributed by atoms with van der Waals surface area (Å²) in [6.45, 7) is -0.917. The minimum Gasteiger partial charge on any atom is -0.544 e. The number of rotatable bonds is 12. The van der Waals surface area contributed by atoms with Gasteiger partial charge in [-0.15, -0.1) is 0 Å². The average molecular weight is 583 g/mol. The number of ether oxygens (including phenoxy) is 1. The van der Waals surface area contributed by atoms with Crippen LogP contribution < -0.4 is 26.4 Å². The first-order valence-corrected chi connectivity index (χ1v) is 12.5. The number of hydrogen-bond acceptors (Lipinski definition) is 6. The maximum Gasteiger partial charge on any atom is 0.407 e. The highest BCUT2D eigenvalue weighted by molar-refractivity contribution is 9.10. The first kappa shape index (κ1) is 28.4. The molecule has 3 rings (SSSR count). The van der Waals surface area contributed by atoms with Crippen LogP contribution in [0.1, 0.15) is 22.7 Å². The Labute approximate surface area is 227 Å². The van der Waals surface area contributed by atoms with Crippen LogP contribution in [-0.2, 0) is 25.7 Å². The van der Waals surface area contributed by atoms with E-state index >= 15 is 0 Å². The second-order valence-corrected chi connectivity index (χ2v) is 9.09. The third-order valence-electron chi connectivity index (χ3n) is 5.35. The Morgan fingerprint density at radius 3 is 2.21 bits per heavy atom. The van der Waals surface area contributed by atoms with E-state index in [2.05, 4.69) is 31.9 Å². The molecular weight excluding hydrogens is 556 g/mol. The van der Waals surface area contributed by atoms with Crippen LogP contribution in [0.5, 0.6) is 0 Å². The maximum absolute atomic E-state index is 12.6. The fourth-order valence-corrected chi connectivity index (χ4v) is 3.96. The summed E-state index contributed by atoms with van der Waals surface area (Å²) in [5, 5.41) is 20.3. The van der Waals surface area contributed by atoms with Crippen molar-refractivity contribution in [1.82, 2.24) is 10.6 Å². The van der Waals surface area contributed by atoms with Crippen LogP contribution >= 0.6 is 15.9 Å². The van der Waals surface area contributed by atoms with Crippen LogP contribution in [0.4, 0.5) is 10.5 Å². The van der Waals surface area contributed by atoms with E-state index in [4.69, 9.17) is 4.74 Å². The molecule has 0 aliphatic heterocycles. The topological polar surface area (TPSA) is 153 Å². The molecule has 3 aromatic rings. The van der Waals surface area contributed by atoms with Crippen molar-refractivity contribution in [3.05, 3.63) is 100 Å². The highest BCUT2D eigenvalue weighted by Crippen LogP contribution is 2.29. The number of halogens is 1. The van der Waals surface area contributed by atoms with Crippen molar-refractivity contribution in [2.45, 2.75) is 12.6 Å². The lowest BCUT2D eigenvalue weighted by Crippen LogP contribution is -2.88. The first-order valence-electron chi connectivity index (χ1n) is 11.7. The van der Waals surface area contributed by atoms with Gasteiger partial charge in [0.1, 0.15) is 25.7 Å². The molecule has 10 nitrogen and oxygen atoms in total. The quantitative estimate of drug-likeness (QED) is 0.248. The molecule has 0 aromatic heterocycles. The molecule has 0 fully saturated rings. The van der Waals surface area contributed by atoms with Crippen molar-refractivity contribution in [2.24, 2.45) is 0 Å². The van der Waals surface area contributed by atoms with Crippen LogP contribution in [0.2, 0.25) is 0 Å². The minimum absolute atomic E-state index is 0.0661. The number of carbonyl (C=O) groups is 4. The zero-order chi connectivity index (χ0) is 27.3. The Morgan fingerprint density at radius 2 is 1.53 bits per heavy atom. The van der Waals surface area contributed by atoms with Crippen LogP contribution in [-0.4, -0.2) is 43.5 Å². The van der Waals surface area contributed by atoms with E-state index in [9.17, 15) is 24.3 Å². The number of nitrogens with two attached hydrogens (primary N) is 1. The van der Waals surface area contributed by atoms with Gasteiger partial charge in [0.05, 0.1) is 18.2 Å². The van der Waals surface area contributed by atoms with Crippen molar-refractivity contribution in [2.75, 3.05) is 25.0 Å². The second kappa shape index (κ2) is 14.5. The normalized spacial score (nSPS) is 11.2. The summed E-state index contributed by atoms with van der Waals surface area (Å²) >= 11 is 3.43. The second-order valence-electron chi connectivity index (χ2n) is 8.17. The fourth-order valence-electron chi connectivity index (χ4n) is 3.58. The number of quaternary nitrogens is 1. The molecular formula is C27H27BrN4O6. The van der Waals surface area contributed by atoms with E-state index in [-0.39, 0.29) is 26.2 Å². The zero-order valence-corrected chi connectivity index (χ0v) is 21.9. The minimum atomic E-state index is -1.22. The van der Waals surface area contributed by atoms with Gasteiger partial charge in [-0.2, -0.15) is 0 Å². The molecule has 38 heavy (non-hydrogen) atoms. The Balaban J connectivity index is 1.55. The summed E-state index contributed by atoms with van der Waals surface area (Å²) in [6, 6.07) is 23.1. The van der Waals surface area contributed by atoms with Gasteiger partial charge in [-0.25, -0.2) is 4.79 Å². The fraction of sp³-hybridized carbons (Fsp3) is 0.185. The number of alkyl carbamates (subject to hydrolysis) is 1. The third kappa shape index (κ3) is 9.34. The van der Waals surface area contributed by atoms with Crippen molar-refractivity contribution >= 4 is 45.5 Å². The van der Waals surface area contributed by atoms with Gasteiger partial charge in [0.15, 0.2) is 0 Å². The number of carboxylic acids is 1. The van der Waals surface area contributed by atoms with Crippen molar-refractivity contribution in [3.8, 4) is 0 Å². The lowest BCUT2D eigenvalue weighted by Gasteiger charge is -2.21. The molecule has 0 radical (unpaired) electrons. The molecule has 1 atom stereocenters. The number of nitrogens with one attached hydrogen (secondary N) is 3. The zero-order valence-electron chi connectivity index (χ0n) is 20.3. The number of carbonyl (C=O) groups excluding carboxylic acids is 4. The summed E-state index contributed by atoms with van der Waals surface area (Å²) in [5.41, 5.74) is 2.76. The molecule has 3 amide bonds. The predicted molar refractivity (Wildman–Crippen MR) is 140 cm³/mol. The van der Waals surface area contributed by atoms with E-state index < -0.39 is 29.9 Å². The molecule has 0 spiro atoms. The van der Waals surface area contributed by atoms with Gasteiger partial charge in [0.25, 0.3) is 0 Å². The number of anilines is 1. The Bertz CT molecular complexity index is 1260. The van der Waals surface area contributed by atoms with E-state index in [1.54, 1.807) is 35.6 Å². The van der Waals surface area contributed by atoms with Crippen LogP contribution in [0.3, 0.4) is 0 Å². The molecule has 198 valence electrons. The van der Waals surface area contributed by atoms with E-state index in [0.29, 0.717) is 11.3 Å². The SMILES string of the molecule is O=C([O-])C[NH2+][C@@H](c1ccccc1)c1cc(Br)ccc1NC(=O)CNC(=O)CNC(=O)OCc1ccccc1. The van der Waals surface area contributed by atoms with E-state index in [1.807, 2.05) is 48.5 Å². The smallest absolute Gasteiger partial charge is 0.407 e. The van der Waals surface area contributed by atoms with Gasteiger partial charge in [-0.1, -0.05) is 76.6 Å². The molecule has 0 saturated carbocycles. The van der Waals surface area contributed by atoms with Gasteiger partial charge in [-0.05, 0) is 23.8 Å². The van der Waals surface area contributed by atoms with Gasteiger partial charge in [-0.3, -0.25) is 9.59 Å². The number of aliphatic carboxylic acids is 1. The third-order valence-corrected chi connectivity index (χ3v) is 5.85. The lowest BCUT2D eigenvalue weighted by molar-refractivity contribution is -0.682. The molecule has 0 heterocycles. The maximum atomic E-state index is 12.6. The average Bonchev–Trinajstić information content (AvgIpc) is 2.92. The van der Waals surface area contributed by atoms with Gasteiger partial charge in [0.2, 0.25) is 11.8 Å². The number of amides is 3. The largest absolute Gasteiger partial charge is 0.544 e. The number of carboxylic acid groups (broad SMARTS) is 1. The highest BCUT2D eigenvalue weighted by Gasteiger charge is 2.22. The summed E-state index contributed by atoms with van der Waals surface area (Å²) in [7, 11) is 0. The molecule has 0 unspecified atom stereocenters. The van der Waals surface area contributed by atoms with Gasteiger partial charge < -0.3 is 35.9 Å². The van der Waals surface area contributed by atoms with Crippen LogP contribution in [0.15, 0.2) is 83.3 Å². The van der Waals surface area contributed by atoms with Crippen molar-refractivity contribution in [1.29, 1.82) is 0 Å². The Kier molecular flexibility index (Phi) is 10.8. The Hall–Kier alpha value is -4.22. The molecule has 0 aliphatic carbocycles. The summed E-state index contributed by atoms with van der Waals surface area (Å²) in [6.07, 6.45) is -0.757. The lowest BCUT2D eigenvalue weighted by atomic mass is 9.97. The number of hydrogen-bond donors (Lipinski definition) is 4. The summed E-state index contributed by atoms with van der Waals surface area (Å²) in [4.78, 5) is 47.7. The van der Waals surface area contributed by atoms with E-state index in [0.717, 1.165) is 15.6 Å². The van der Waals surface area contributed by atoms with Crippen molar-refractivity contribution < 1.29 is 34.3 Å². The van der Waals surface area contributed by atoms with Crippen LogP contribution in [0.25, 0.3) is 0 Å². The standard InChI is InChI=1S/C27H27BrN4O6/c28-20-11-12-22(21(13-20)26(30-16-25(35)36)19-9-5-2-6-10-19)32-24(34)15-29-23(33)14-31-27(37)38-17-18-7-3-1-4-8-18/h1-13,26,30H,14-17H2,(H,29,33)(H,31,37)(H,32,34)(H,35,36)/t26-/m0/s1. The highest BCUT2D eigenvalue weighted by atomic mass is 79.9. The summed E-state index contributed by atoms with van der Waals surface area (Å²) < 4.78 is 5.78. The van der Waals surface area contributed by atoms with Crippen molar-refractivity contribution in [3.63, 3.8) is 0 Å².